The Bertz CT molecular complexity index is 1110. The predicted molar refractivity (Wildman–Crippen MR) is 105 cm³/mol. The molecule has 4 nitrogen and oxygen atoms in total. The van der Waals surface area contributed by atoms with E-state index in [0.717, 1.165) is 27.7 Å². The zero-order chi connectivity index (χ0) is 19.4. The van der Waals surface area contributed by atoms with E-state index in [-0.39, 0.29) is 17.8 Å². The molecule has 0 amide bonds. The Balaban J connectivity index is 1.68. The Morgan fingerprint density at radius 3 is 2.44 bits per heavy atom. The molecule has 0 bridgehead atoms. The fourth-order valence-electron chi connectivity index (χ4n) is 3.64. The summed E-state index contributed by atoms with van der Waals surface area (Å²) in [6.45, 7) is 6.95. The summed E-state index contributed by atoms with van der Waals surface area (Å²) in [6, 6.07) is 11.7. The van der Waals surface area contributed by atoms with E-state index in [0.29, 0.717) is 17.9 Å². The van der Waals surface area contributed by atoms with Crippen LogP contribution in [0.15, 0.2) is 47.4 Å². The van der Waals surface area contributed by atoms with Crippen LogP contribution in [-0.4, -0.2) is 24.3 Å². The second kappa shape index (κ2) is 6.17. The van der Waals surface area contributed by atoms with Crippen LogP contribution in [0, 0.1) is 5.82 Å². The molecular weight excluding hydrogens is 363 g/mol. The molecule has 0 atom stereocenters. The number of halogens is 1. The summed E-state index contributed by atoms with van der Waals surface area (Å²) in [6.07, 6.45) is 0.588. The molecule has 0 spiro atoms. The Morgan fingerprint density at radius 1 is 1.07 bits per heavy atom. The third-order valence-electron chi connectivity index (χ3n) is 5.26. The molecule has 0 radical (unpaired) electrons. The molecule has 27 heavy (non-hydrogen) atoms. The van der Waals surface area contributed by atoms with Gasteiger partial charge in [-0.1, -0.05) is 32.9 Å². The van der Waals surface area contributed by atoms with Crippen LogP contribution in [-0.2, 0) is 28.4 Å². The number of nitrogens with zero attached hydrogens (tertiary/aromatic N) is 1. The number of rotatable bonds is 2. The van der Waals surface area contributed by atoms with E-state index in [4.69, 9.17) is 0 Å². The first-order valence-electron chi connectivity index (χ1n) is 9.06. The van der Waals surface area contributed by atoms with Gasteiger partial charge < -0.3 is 4.98 Å². The number of benzene rings is 2. The molecule has 1 aliphatic heterocycles. The zero-order valence-electron chi connectivity index (χ0n) is 15.7. The van der Waals surface area contributed by atoms with E-state index in [2.05, 4.69) is 25.8 Å². The molecule has 3 aromatic rings. The summed E-state index contributed by atoms with van der Waals surface area (Å²) < 4.78 is 41.4. The van der Waals surface area contributed by atoms with Crippen LogP contribution in [0.2, 0.25) is 0 Å². The zero-order valence-corrected chi connectivity index (χ0v) is 16.5. The topological polar surface area (TPSA) is 53.2 Å². The lowest BCUT2D eigenvalue weighted by molar-refractivity contribution is 0.391. The average Bonchev–Trinajstić information content (AvgIpc) is 2.98. The maximum Gasteiger partial charge on any atom is 0.243 e. The van der Waals surface area contributed by atoms with Gasteiger partial charge in [0.2, 0.25) is 10.0 Å². The van der Waals surface area contributed by atoms with Gasteiger partial charge in [-0.25, -0.2) is 12.8 Å². The second-order valence-corrected chi connectivity index (χ2v) is 10.1. The molecule has 0 fully saturated rings. The number of hydrogen-bond donors (Lipinski definition) is 1. The van der Waals surface area contributed by atoms with Crippen molar-refractivity contribution in [2.24, 2.45) is 0 Å². The number of hydrogen-bond acceptors (Lipinski definition) is 2. The minimum absolute atomic E-state index is 0.0313. The molecular formula is C21H23FN2O2S. The van der Waals surface area contributed by atoms with Crippen LogP contribution >= 0.6 is 0 Å². The Morgan fingerprint density at radius 2 is 1.78 bits per heavy atom. The number of fused-ring (bicyclic) bond motifs is 3. The van der Waals surface area contributed by atoms with Crippen molar-refractivity contribution >= 4 is 20.9 Å². The van der Waals surface area contributed by atoms with Gasteiger partial charge in [-0.15, -0.1) is 0 Å². The van der Waals surface area contributed by atoms with E-state index < -0.39 is 10.0 Å². The fraction of sp³-hybridized carbons (Fsp3) is 0.333. The summed E-state index contributed by atoms with van der Waals surface area (Å²) in [5.41, 5.74) is 3.76. The van der Waals surface area contributed by atoms with Gasteiger partial charge in [0.05, 0.1) is 4.90 Å². The fourth-order valence-corrected chi connectivity index (χ4v) is 5.05. The van der Waals surface area contributed by atoms with Gasteiger partial charge in [0.15, 0.2) is 0 Å². The van der Waals surface area contributed by atoms with E-state index in [1.807, 2.05) is 12.1 Å². The highest BCUT2D eigenvalue weighted by molar-refractivity contribution is 7.89. The normalized spacial score (nSPS) is 15.9. The first-order valence-corrected chi connectivity index (χ1v) is 10.5. The van der Waals surface area contributed by atoms with Crippen LogP contribution in [0.25, 0.3) is 10.9 Å². The molecule has 0 unspecified atom stereocenters. The van der Waals surface area contributed by atoms with Crippen molar-refractivity contribution in [3.8, 4) is 0 Å². The number of H-pyrrole nitrogens is 1. The summed E-state index contributed by atoms with van der Waals surface area (Å²) >= 11 is 0. The number of nitrogens with one attached hydrogen (secondary N) is 1. The predicted octanol–water partition coefficient (Wildman–Crippen LogP) is 4.35. The summed E-state index contributed by atoms with van der Waals surface area (Å²) in [5, 5.41) is 0.757. The summed E-state index contributed by atoms with van der Waals surface area (Å²) in [5.74, 6) is -0.318. The monoisotopic (exact) mass is 386 g/mol. The van der Waals surface area contributed by atoms with Crippen LogP contribution in [0.5, 0.6) is 0 Å². The molecule has 142 valence electrons. The summed E-state index contributed by atoms with van der Waals surface area (Å²) in [7, 11) is -3.60. The lowest BCUT2D eigenvalue weighted by Crippen LogP contribution is -2.35. The number of aromatic nitrogens is 1. The number of sulfonamides is 1. The first-order chi connectivity index (χ1) is 12.7. The van der Waals surface area contributed by atoms with Gasteiger partial charge in [-0.2, -0.15) is 4.31 Å². The molecule has 6 heteroatoms. The van der Waals surface area contributed by atoms with Crippen molar-refractivity contribution in [1.29, 1.82) is 0 Å². The first kappa shape index (κ1) is 18.2. The molecule has 1 aliphatic rings. The van der Waals surface area contributed by atoms with Crippen molar-refractivity contribution in [1.82, 2.24) is 9.29 Å². The van der Waals surface area contributed by atoms with Crippen molar-refractivity contribution < 1.29 is 12.8 Å². The van der Waals surface area contributed by atoms with Crippen LogP contribution < -0.4 is 0 Å². The van der Waals surface area contributed by atoms with Crippen molar-refractivity contribution in [3.05, 3.63) is 65.1 Å². The Hall–Kier alpha value is -2.18. The molecule has 0 saturated carbocycles. The van der Waals surface area contributed by atoms with Crippen LogP contribution in [0.3, 0.4) is 0 Å². The molecule has 0 saturated heterocycles. The minimum Gasteiger partial charge on any atom is -0.358 e. The minimum atomic E-state index is -3.60. The van der Waals surface area contributed by atoms with Gasteiger partial charge >= 0.3 is 0 Å². The lowest BCUT2D eigenvalue weighted by Gasteiger charge is -2.27. The standard InChI is InChI=1S/C21H23FN2O2S/c1-21(2,3)14-4-7-16(8-5-14)27(25,26)24-11-10-20-18(13-24)17-12-15(22)6-9-19(17)23-20/h4-9,12,23H,10-11,13H2,1-3H3. The third kappa shape index (κ3) is 3.17. The van der Waals surface area contributed by atoms with Crippen LogP contribution in [0.4, 0.5) is 4.39 Å². The summed E-state index contributed by atoms with van der Waals surface area (Å²) in [4.78, 5) is 3.59. The molecule has 1 aromatic heterocycles. The van der Waals surface area contributed by atoms with Gasteiger partial charge in [-0.3, -0.25) is 0 Å². The van der Waals surface area contributed by atoms with E-state index in [1.165, 1.54) is 16.4 Å². The quantitative estimate of drug-likeness (QED) is 0.712. The molecule has 4 rings (SSSR count). The molecule has 1 N–H and O–H groups in total. The van der Waals surface area contributed by atoms with E-state index in [9.17, 15) is 12.8 Å². The van der Waals surface area contributed by atoms with E-state index in [1.54, 1.807) is 18.2 Å². The molecule has 2 aromatic carbocycles. The maximum absolute atomic E-state index is 13.7. The molecule has 0 aliphatic carbocycles. The highest BCUT2D eigenvalue weighted by Gasteiger charge is 2.30. The average molecular weight is 386 g/mol. The van der Waals surface area contributed by atoms with Gasteiger partial charge in [-0.05, 0) is 46.9 Å². The lowest BCUT2D eigenvalue weighted by atomic mass is 9.87. The van der Waals surface area contributed by atoms with Crippen molar-refractivity contribution in [2.45, 2.75) is 44.0 Å². The SMILES string of the molecule is CC(C)(C)c1ccc(S(=O)(=O)N2CCc3[nH]c4ccc(F)cc4c3C2)cc1. The third-order valence-corrected chi connectivity index (χ3v) is 7.12. The number of aromatic amines is 1. The van der Waals surface area contributed by atoms with Crippen molar-refractivity contribution in [3.63, 3.8) is 0 Å². The maximum atomic E-state index is 13.7. The van der Waals surface area contributed by atoms with Gasteiger partial charge in [0.25, 0.3) is 0 Å². The van der Waals surface area contributed by atoms with Crippen LogP contribution in [0.1, 0.15) is 37.6 Å². The highest BCUT2D eigenvalue weighted by atomic mass is 32.2. The Kier molecular flexibility index (Phi) is 4.16. The highest BCUT2D eigenvalue weighted by Crippen LogP contribution is 2.31. The van der Waals surface area contributed by atoms with Gasteiger partial charge in [0, 0.05) is 36.1 Å². The largest absolute Gasteiger partial charge is 0.358 e. The molecule has 2 heterocycles. The second-order valence-electron chi connectivity index (χ2n) is 8.13. The smallest absolute Gasteiger partial charge is 0.243 e. The van der Waals surface area contributed by atoms with Gasteiger partial charge in [0.1, 0.15) is 5.82 Å². The Labute approximate surface area is 159 Å². The van der Waals surface area contributed by atoms with Crippen molar-refractivity contribution in [2.75, 3.05) is 6.54 Å². The van der Waals surface area contributed by atoms with E-state index >= 15 is 0 Å².